The van der Waals surface area contributed by atoms with Gasteiger partial charge in [-0.05, 0) is 30.2 Å². The highest BCUT2D eigenvalue weighted by Gasteiger charge is 2.11. The van der Waals surface area contributed by atoms with Crippen LogP contribution in [0, 0.1) is 0 Å². The minimum atomic E-state index is -0.855. The summed E-state index contributed by atoms with van der Waals surface area (Å²) in [6, 6.07) is 4.80. The first kappa shape index (κ1) is 16.2. The molecule has 2 N–H and O–H groups in total. The van der Waals surface area contributed by atoms with Gasteiger partial charge in [-0.25, -0.2) is 0 Å². The summed E-state index contributed by atoms with van der Waals surface area (Å²) in [7, 11) is 0. The van der Waals surface area contributed by atoms with Crippen LogP contribution in [0.1, 0.15) is 25.0 Å². The van der Waals surface area contributed by atoms with E-state index in [1.165, 1.54) is 0 Å². The maximum Gasteiger partial charge on any atom is 0.246 e. The van der Waals surface area contributed by atoms with E-state index in [1.54, 1.807) is 18.2 Å². The lowest BCUT2D eigenvalue weighted by Gasteiger charge is -2.13. The Morgan fingerprint density at radius 1 is 1.37 bits per heavy atom. The second-order valence-electron chi connectivity index (χ2n) is 4.08. The molecule has 0 aliphatic carbocycles. The van der Waals surface area contributed by atoms with Crippen LogP contribution in [0.5, 0.6) is 0 Å². The summed E-state index contributed by atoms with van der Waals surface area (Å²) in [5, 5.41) is 13.4. The van der Waals surface area contributed by atoms with Gasteiger partial charge in [0.15, 0.2) is 0 Å². The highest BCUT2D eigenvalue weighted by atomic mass is 35.5. The Balaban J connectivity index is 2.42. The number of halogens is 2. The van der Waals surface area contributed by atoms with Crippen LogP contribution in [0.4, 0.5) is 0 Å². The maximum absolute atomic E-state index is 11.4. The summed E-state index contributed by atoms with van der Waals surface area (Å²) in [6.07, 6.45) is 0.00280. The number of benzene rings is 1. The zero-order valence-corrected chi connectivity index (χ0v) is 12.2. The van der Waals surface area contributed by atoms with Crippen LogP contribution in [0.25, 0.3) is 0 Å². The standard InChI is InChI=1S/C13H17Cl2NO3/c1-2-3-19-8-13(18)16-7-12(17)9-4-10(14)6-11(15)5-9/h4-6,12,17H,2-3,7-8H2,1H3,(H,16,18). The van der Waals surface area contributed by atoms with Crippen LogP contribution < -0.4 is 5.32 Å². The second-order valence-corrected chi connectivity index (χ2v) is 4.95. The first-order valence-electron chi connectivity index (χ1n) is 6.01. The predicted molar refractivity (Wildman–Crippen MR) is 75.5 cm³/mol. The maximum atomic E-state index is 11.4. The highest BCUT2D eigenvalue weighted by Crippen LogP contribution is 2.23. The Bertz CT molecular complexity index is 406. The van der Waals surface area contributed by atoms with Crippen LogP contribution in [0.3, 0.4) is 0 Å². The van der Waals surface area contributed by atoms with Gasteiger partial charge in [0.05, 0.1) is 6.10 Å². The molecule has 19 heavy (non-hydrogen) atoms. The van der Waals surface area contributed by atoms with E-state index in [2.05, 4.69) is 5.32 Å². The first-order chi connectivity index (χ1) is 9.02. The van der Waals surface area contributed by atoms with Crippen molar-refractivity contribution in [1.82, 2.24) is 5.32 Å². The number of nitrogens with one attached hydrogen (secondary N) is 1. The molecule has 0 fully saturated rings. The van der Waals surface area contributed by atoms with Gasteiger partial charge in [0.1, 0.15) is 6.61 Å². The third-order valence-corrected chi connectivity index (χ3v) is 2.78. The number of hydrogen-bond acceptors (Lipinski definition) is 3. The number of hydrogen-bond donors (Lipinski definition) is 2. The Morgan fingerprint density at radius 2 is 2.00 bits per heavy atom. The zero-order valence-electron chi connectivity index (χ0n) is 10.7. The Hall–Kier alpha value is -0.810. The van der Waals surface area contributed by atoms with Crippen LogP contribution in [0.2, 0.25) is 10.0 Å². The van der Waals surface area contributed by atoms with Gasteiger partial charge < -0.3 is 15.2 Å². The molecule has 0 bridgehead atoms. The van der Waals surface area contributed by atoms with Crippen LogP contribution in [-0.4, -0.2) is 30.8 Å². The summed E-state index contributed by atoms with van der Waals surface area (Å²) in [5.41, 5.74) is 0.562. The van der Waals surface area contributed by atoms with Gasteiger partial charge in [0, 0.05) is 23.2 Å². The van der Waals surface area contributed by atoms with E-state index in [-0.39, 0.29) is 19.1 Å². The molecule has 0 aliphatic heterocycles. The van der Waals surface area contributed by atoms with Gasteiger partial charge in [-0.2, -0.15) is 0 Å². The largest absolute Gasteiger partial charge is 0.387 e. The topological polar surface area (TPSA) is 58.6 Å². The molecule has 1 rings (SSSR count). The molecular weight excluding hydrogens is 289 g/mol. The fourth-order valence-electron chi connectivity index (χ4n) is 1.46. The monoisotopic (exact) mass is 305 g/mol. The summed E-state index contributed by atoms with van der Waals surface area (Å²) >= 11 is 11.7. The summed E-state index contributed by atoms with van der Waals surface area (Å²) < 4.78 is 5.08. The van der Waals surface area contributed by atoms with Crippen molar-refractivity contribution in [3.63, 3.8) is 0 Å². The molecule has 0 saturated carbocycles. The Morgan fingerprint density at radius 3 is 2.58 bits per heavy atom. The summed E-state index contributed by atoms with van der Waals surface area (Å²) in [5.74, 6) is -0.263. The van der Waals surface area contributed by atoms with Crippen molar-refractivity contribution in [2.45, 2.75) is 19.4 Å². The van der Waals surface area contributed by atoms with Gasteiger partial charge in [-0.15, -0.1) is 0 Å². The van der Waals surface area contributed by atoms with E-state index in [0.717, 1.165) is 6.42 Å². The number of aliphatic hydroxyl groups is 1. The molecule has 1 aromatic rings. The average Bonchev–Trinajstić information content (AvgIpc) is 2.35. The van der Waals surface area contributed by atoms with Gasteiger partial charge in [0.25, 0.3) is 0 Å². The van der Waals surface area contributed by atoms with Gasteiger partial charge in [-0.1, -0.05) is 30.1 Å². The van der Waals surface area contributed by atoms with Crippen LogP contribution >= 0.6 is 23.2 Å². The lowest BCUT2D eigenvalue weighted by Crippen LogP contribution is -2.31. The minimum Gasteiger partial charge on any atom is -0.387 e. The van der Waals surface area contributed by atoms with Crippen molar-refractivity contribution in [3.8, 4) is 0 Å². The van der Waals surface area contributed by atoms with E-state index in [0.29, 0.717) is 22.2 Å². The molecule has 6 heteroatoms. The molecule has 1 amide bonds. The summed E-state index contributed by atoms with van der Waals surface area (Å²) in [6.45, 7) is 2.59. The first-order valence-corrected chi connectivity index (χ1v) is 6.77. The van der Waals surface area contributed by atoms with Gasteiger partial charge in [0.2, 0.25) is 5.91 Å². The predicted octanol–water partition coefficient (Wildman–Crippen LogP) is 2.57. The number of amides is 1. The number of carbonyl (C=O) groups is 1. The number of aliphatic hydroxyl groups excluding tert-OH is 1. The Labute approximate surface area is 122 Å². The second kappa shape index (κ2) is 8.38. The van der Waals surface area contributed by atoms with E-state index >= 15 is 0 Å². The molecule has 0 heterocycles. The van der Waals surface area contributed by atoms with Crippen molar-refractivity contribution in [2.24, 2.45) is 0 Å². The zero-order chi connectivity index (χ0) is 14.3. The number of ether oxygens (including phenoxy) is 1. The molecular formula is C13H17Cl2NO3. The third-order valence-electron chi connectivity index (χ3n) is 2.34. The number of rotatable bonds is 7. The van der Waals surface area contributed by atoms with Crippen molar-refractivity contribution in [1.29, 1.82) is 0 Å². The molecule has 0 saturated heterocycles. The molecule has 0 aliphatic rings. The molecule has 0 spiro atoms. The van der Waals surface area contributed by atoms with Crippen LogP contribution in [-0.2, 0) is 9.53 Å². The molecule has 0 aromatic heterocycles. The van der Waals surface area contributed by atoms with Crippen molar-refractivity contribution >= 4 is 29.1 Å². The highest BCUT2D eigenvalue weighted by molar-refractivity contribution is 6.34. The fourth-order valence-corrected chi connectivity index (χ4v) is 2.00. The van der Waals surface area contributed by atoms with E-state index in [4.69, 9.17) is 27.9 Å². The molecule has 1 aromatic carbocycles. The van der Waals surface area contributed by atoms with Crippen molar-refractivity contribution < 1.29 is 14.6 Å². The van der Waals surface area contributed by atoms with Crippen molar-refractivity contribution in [3.05, 3.63) is 33.8 Å². The minimum absolute atomic E-state index is 0.00311. The Kier molecular flexibility index (Phi) is 7.16. The normalized spacial score (nSPS) is 12.2. The smallest absolute Gasteiger partial charge is 0.246 e. The van der Waals surface area contributed by atoms with Crippen molar-refractivity contribution in [2.75, 3.05) is 19.8 Å². The van der Waals surface area contributed by atoms with E-state index in [9.17, 15) is 9.90 Å². The molecule has 4 nitrogen and oxygen atoms in total. The quantitative estimate of drug-likeness (QED) is 0.761. The third kappa shape index (κ3) is 6.25. The molecule has 1 atom stereocenters. The lowest BCUT2D eigenvalue weighted by molar-refractivity contribution is -0.126. The molecule has 0 radical (unpaired) electrons. The molecule has 106 valence electrons. The number of carbonyl (C=O) groups excluding carboxylic acids is 1. The van der Waals surface area contributed by atoms with Gasteiger partial charge >= 0.3 is 0 Å². The van der Waals surface area contributed by atoms with E-state index in [1.807, 2.05) is 6.92 Å². The fraction of sp³-hybridized carbons (Fsp3) is 0.462. The molecule has 1 unspecified atom stereocenters. The van der Waals surface area contributed by atoms with E-state index < -0.39 is 6.10 Å². The van der Waals surface area contributed by atoms with Crippen LogP contribution in [0.15, 0.2) is 18.2 Å². The SMILES string of the molecule is CCCOCC(=O)NCC(O)c1cc(Cl)cc(Cl)c1. The lowest BCUT2D eigenvalue weighted by atomic mass is 10.1. The summed E-state index contributed by atoms with van der Waals surface area (Å²) in [4.78, 5) is 11.4. The average molecular weight is 306 g/mol. The van der Waals surface area contributed by atoms with Gasteiger partial charge in [-0.3, -0.25) is 4.79 Å².